The van der Waals surface area contributed by atoms with E-state index < -0.39 is 0 Å². The number of methoxy groups -OCH3 is 2. The van der Waals surface area contributed by atoms with Crippen LogP contribution in [0.25, 0.3) is 5.57 Å². The normalized spacial score (nSPS) is 11.3. The minimum atomic E-state index is -0.355. The first-order chi connectivity index (χ1) is 7.26. The molecule has 0 saturated heterocycles. The third-order valence-corrected chi connectivity index (χ3v) is 2.06. The Bertz CT molecular complexity index is 361. The van der Waals surface area contributed by atoms with E-state index in [1.54, 1.807) is 18.2 Å². The molecule has 0 heterocycles. The van der Waals surface area contributed by atoms with Crippen LogP contribution in [0.3, 0.4) is 0 Å². The van der Waals surface area contributed by atoms with Crippen LogP contribution in [0.1, 0.15) is 5.56 Å². The molecule has 0 radical (unpaired) electrons. The minimum Gasteiger partial charge on any atom is -0.493 e. The summed E-state index contributed by atoms with van der Waals surface area (Å²) in [4.78, 5) is 0. The van der Waals surface area contributed by atoms with Crippen molar-refractivity contribution < 1.29 is 19.0 Å². The summed E-state index contributed by atoms with van der Waals surface area (Å²) in [5.41, 5.74) is 0.772. The van der Waals surface area contributed by atoms with E-state index >= 15 is 0 Å². The van der Waals surface area contributed by atoms with Crippen LogP contribution in [-0.4, -0.2) is 25.9 Å². The van der Waals surface area contributed by atoms with Crippen LogP contribution in [0.5, 0.6) is 11.5 Å². The molecule has 0 bridgehead atoms. The average Bonchev–Trinajstić information content (AvgIpc) is 2.30. The molecule has 0 aliphatic carbocycles. The van der Waals surface area contributed by atoms with E-state index in [1.807, 2.05) is 0 Å². The highest BCUT2D eigenvalue weighted by atomic mass is 19.1. The van der Waals surface area contributed by atoms with Crippen LogP contribution in [0, 0.1) is 0 Å². The molecule has 0 aliphatic rings. The summed E-state index contributed by atoms with van der Waals surface area (Å²) < 4.78 is 22.5. The molecule has 82 valence electrons. The number of hydrogen-bond donors (Lipinski definition) is 1. The van der Waals surface area contributed by atoms with Crippen LogP contribution >= 0.6 is 0 Å². The Balaban J connectivity index is 3.13. The van der Waals surface area contributed by atoms with Gasteiger partial charge >= 0.3 is 0 Å². The van der Waals surface area contributed by atoms with Gasteiger partial charge in [-0.3, -0.25) is 0 Å². The predicted molar refractivity (Wildman–Crippen MR) is 55.7 cm³/mol. The predicted octanol–water partition coefficient (Wildman–Crippen LogP) is 2.01. The molecule has 0 atom stereocenters. The Kier molecular flexibility index (Phi) is 4.12. The van der Waals surface area contributed by atoms with E-state index in [-0.39, 0.29) is 12.2 Å². The molecule has 0 spiro atoms. The third kappa shape index (κ3) is 2.47. The zero-order valence-corrected chi connectivity index (χ0v) is 8.66. The molecule has 0 saturated carbocycles. The van der Waals surface area contributed by atoms with Crippen molar-refractivity contribution in [3.8, 4) is 11.5 Å². The van der Waals surface area contributed by atoms with Gasteiger partial charge in [-0.25, -0.2) is 4.39 Å². The first kappa shape index (κ1) is 11.5. The summed E-state index contributed by atoms with van der Waals surface area (Å²) in [6.45, 7) is -0.355. The highest BCUT2D eigenvalue weighted by molar-refractivity contribution is 5.67. The number of halogens is 1. The van der Waals surface area contributed by atoms with Gasteiger partial charge in [-0.1, -0.05) is 6.07 Å². The zero-order chi connectivity index (χ0) is 11.3. The lowest BCUT2D eigenvalue weighted by Gasteiger charge is -2.09. The van der Waals surface area contributed by atoms with Gasteiger partial charge in [-0.2, -0.15) is 0 Å². The van der Waals surface area contributed by atoms with Crippen LogP contribution in [0.15, 0.2) is 24.5 Å². The van der Waals surface area contributed by atoms with Gasteiger partial charge in [0.2, 0.25) is 0 Å². The molecule has 0 aliphatic heterocycles. The van der Waals surface area contributed by atoms with Gasteiger partial charge in [0.1, 0.15) is 0 Å². The third-order valence-electron chi connectivity index (χ3n) is 2.06. The Morgan fingerprint density at radius 1 is 1.33 bits per heavy atom. The average molecular weight is 212 g/mol. The maximum atomic E-state index is 12.4. The highest BCUT2D eigenvalue weighted by Gasteiger charge is 2.07. The number of rotatable bonds is 4. The Hall–Kier alpha value is -1.55. The van der Waals surface area contributed by atoms with Gasteiger partial charge in [0.25, 0.3) is 0 Å². The van der Waals surface area contributed by atoms with Crippen molar-refractivity contribution >= 4 is 5.57 Å². The molecule has 1 N–H and O–H groups in total. The molecule has 0 aromatic heterocycles. The minimum absolute atomic E-state index is 0.205. The van der Waals surface area contributed by atoms with Crippen LogP contribution < -0.4 is 9.47 Å². The van der Waals surface area contributed by atoms with Gasteiger partial charge < -0.3 is 14.6 Å². The van der Waals surface area contributed by atoms with Crippen molar-refractivity contribution in [1.29, 1.82) is 0 Å². The summed E-state index contributed by atoms with van der Waals surface area (Å²) in [5.74, 6) is 1.07. The van der Waals surface area contributed by atoms with Gasteiger partial charge in [0, 0.05) is 5.57 Å². The summed E-state index contributed by atoms with van der Waals surface area (Å²) in [5, 5.41) is 8.89. The number of aliphatic hydroxyl groups excluding tert-OH is 1. The number of benzene rings is 1. The summed E-state index contributed by atoms with van der Waals surface area (Å²) in [7, 11) is 3.02. The Labute approximate surface area is 87.8 Å². The van der Waals surface area contributed by atoms with Gasteiger partial charge in [-0.05, 0) is 17.7 Å². The van der Waals surface area contributed by atoms with Crippen LogP contribution in [0.2, 0.25) is 0 Å². The van der Waals surface area contributed by atoms with Crippen molar-refractivity contribution in [2.75, 3.05) is 20.8 Å². The molecule has 0 unspecified atom stereocenters. The SMILES string of the molecule is COc1ccc(/C(=C\F)CO)cc1OC. The van der Waals surface area contributed by atoms with E-state index in [0.717, 1.165) is 0 Å². The molecule has 0 amide bonds. The van der Waals surface area contributed by atoms with Crippen molar-refractivity contribution in [2.24, 2.45) is 0 Å². The van der Waals surface area contributed by atoms with Crippen LogP contribution in [0.4, 0.5) is 4.39 Å². The van der Waals surface area contributed by atoms with Crippen molar-refractivity contribution in [3.63, 3.8) is 0 Å². The molecule has 15 heavy (non-hydrogen) atoms. The maximum Gasteiger partial charge on any atom is 0.161 e. The van der Waals surface area contributed by atoms with Crippen molar-refractivity contribution in [1.82, 2.24) is 0 Å². The highest BCUT2D eigenvalue weighted by Crippen LogP contribution is 2.30. The maximum absolute atomic E-state index is 12.4. The smallest absolute Gasteiger partial charge is 0.161 e. The van der Waals surface area contributed by atoms with E-state index in [4.69, 9.17) is 14.6 Å². The van der Waals surface area contributed by atoms with Crippen molar-refractivity contribution in [3.05, 3.63) is 30.1 Å². The Morgan fingerprint density at radius 3 is 2.47 bits per heavy atom. The standard InChI is InChI=1S/C11H13FO3/c1-14-10-4-3-8(5-11(10)15-2)9(6-12)7-13/h3-6,13H,7H2,1-2H3/b9-6-. The number of ether oxygens (including phenoxy) is 2. The molecule has 1 rings (SSSR count). The van der Waals surface area contributed by atoms with Gasteiger partial charge in [-0.15, -0.1) is 0 Å². The van der Waals surface area contributed by atoms with Gasteiger partial charge in [0.15, 0.2) is 11.5 Å². The summed E-state index contributed by atoms with van der Waals surface area (Å²) >= 11 is 0. The second kappa shape index (κ2) is 5.36. The summed E-state index contributed by atoms with van der Waals surface area (Å²) in [6, 6.07) is 4.93. The monoisotopic (exact) mass is 212 g/mol. The van der Waals surface area contributed by atoms with E-state index in [1.165, 1.54) is 14.2 Å². The molecular formula is C11H13FO3. The molecule has 4 heteroatoms. The van der Waals surface area contributed by atoms with Crippen molar-refractivity contribution in [2.45, 2.75) is 0 Å². The van der Waals surface area contributed by atoms with Crippen LogP contribution in [-0.2, 0) is 0 Å². The summed E-state index contributed by atoms with van der Waals surface area (Å²) in [6.07, 6.45) is 0.376. The lowest BCUT2D eigenvalue weighted by Crippen LogP contribution is -1.94. The lowest BCUT2D eigenvalue weighted by molar-refractivity contribution is 0.347. The largest absolute Gasteiger partial charge is 0.493 e. The number of aliphatic hydroxyl groups is 1. The molecular weight excluding hydrogens is 199 g/mol. The van der Waals surface area contributed by atoms with E-state index in [0.29, 0.717) is 23.4 Å². The molecule has 1 aromatic rings. The topological polar surface area (TPSA) is 38.7 Å². The lowest BCUT2D eigenvalue weighted by atomic mass is 10.1. The van der Waals surface area contributed by atoms with E-state index in [9.17, 15) is 4.39 Å². The molecule has 0 fully saturated rings. The first-order valence-electron chi connectivity index (χ1n) is 4.39. The Morgan fingerprint density at radius 2 is 2.00 bits per heavy atom. The van der Waals surface area contributed by atoms with E-state index in [2.05, 4.69) is 0 Å². The van der Waals surface area contributed by atoms with Gasteiger partial charge in [0.05, 0.1) is 27.2 Å². The fourth-order valence-electron chi connectivity index (χ4n) is 1.22. The number of hydrogen-bond acceptors (Lipinski definition) is 3. The quantitative estimate of drug-likeness (QED) is 0.829. The second-order valence-electron chi connectivity index (χ2n) is 2.86. The molecule has 1 aromatic carbocycles. The molecule has 3 nitrogen and oxygen atoms in total. The first-order valence-corrected chi connectivity index (χ1v) is 4.39. The second-order valence-corrected chi connectivity index (χ2v) is 2.86. The fourth-order valence-corrected chi connectivity index (χ4v) is 1.22. The zero-order valence-electron chi connectivity index (χ0n) is 8.66. The fraction of sp³-hybridized carbons (Fsp3) is 0.273.